The summed E-state index contributed by atoms with van der Waals surface area (Å²) in [7, 11) is 3.84. The van der Waals surface area contributed by atoms with Gasteiger partial charge in [0.1, 0.15) is 0 Å². The number of guanidine groups is 1. The lowest BCUT2D eigenvalue weighted by Gasteiger charge is -2.13. The maximum absolute atomic E-state index is 4.61. The van der Waals surface area contributed by atoms with Crippen molar-refractivity contribution < 1.29 is 0 Å². The number of hydrogen-bond donors (Lipinski definition) is 2. The second-order valence-corrected chi connectivity index (χ2v) is 5.74. The Morgan fingerprint density at radius 2 is 1.91 bits per heavy atom. The van der Waals surface area contributed by atoms with E-state index >= 15 is 0 Å². The number of aliphatic imine (C=N–C) groups is 1. The second-order valence-electron chi connectivity index (χ2n) is 5.74. The molecule has 0 radical (unpaired) electrons. The highest BCUT2D eigenvalue weighted by atomic mass is 127. The Bertz CT molecular complexity index is 465. The molecule has 0 aromatic carbocycles. The van der Waals surface area contributed by atoms with Gasteiger partial charge in [-0.05, 0) is 25.2 Å². The molecule has 0 bridgehead atoms. The summed E-state index contributed by atoms with van der Waals surface area (Å²) in [4.78, 5) is 4.28. The van der Waals surface area contributed by atoms with E-state index in [1.165, 1.54) is 17.0 Å². The van der Waals surface area contributed by atoms with Crippen LogP contribution in [0, 0.1) is 5.92 Å². The summed E-state index contributed by atoms with van der Waals surface area (Å²) in [6.07, 6.45) is 3.11. The van der Waals surface area contributed by atoms with E-state index in [1.807, 2.05) is 18.8 Å². The zero-order valence-corrected chi connectivity index (χ0v) is 17.2. The smallest absolute Gasteiger partial charge is 0.191 e. The fraction of sp³-hybridized carbons (Fsp3) is 0.750. The van der Waals surface area contributed by atoms with Gasteiger partial charge in [-0.1, -0.05) is 27.7 Å². The summed E-state index contributed by atoms with van der Waals surface area (Å²) in [5.74, 6) is 1.57. The molecule has 22 heavy (non-hydrogen) atoms. The van der Waals surface area contributed by atoms with Crippen LogP contribution in [-0.4, -0.2) is 29.3 Å². The molecule has 1 rings (SSSR count). The van der Waals surface area contributed by atoms with Gasteiger partial charge in [0.15, 0.2) is 5.96 Å². The molecule has 0 saturated carbocycles. The van der Waals surface area contributed by atoms with E-state index in [9.17, 15) is 0 Å². The molecule has 6 heteroatoms. The van der Waals surface area contributed by atoms with Crippen LogP contribution >= 0.6 is 24.0 Å². The average Bonchev–Trinajstić information content (AvgIpc) is 2.77. The summed E-state index contributed by atoms with van der Waals surface area (Å²) < 4.78 is 2.00. The highest BCUT2D eigenvalue weighted by Crippen LogP contribution is 2.15. The molecule has 128 valence electrons. The van der Waals surface area contributed by atoms with Crippen molar-refractivity contribution in [2.45, 2.75) is 53.5 Å². The Hall–Kier alpha value is -0.790. The van der Waals surface area contributed by atoms with E-state index < -0.39 is 0 Å². The lowest BCUT2D eigenvalue weighted by molar-refractivity contribution is 0.573. The average molecular weight is 421 g/mol. The van der Waals surface area contributed by atoms with Crippen molar-refractivity contribution in [2.24, 2.45) is 18.0 Å². The van der Waals surface area contributed by atoms with Crippen molar-refractivity contribution in [1.82, 2.24) is 20.4 Å². The van der Waals surface area contributed by atoms with E-state index in [1.54, 1.807) is 0 Å². The van der Waals surface area contributed by atoms with Crippen LogP contribution in [0.2, 0.25) is 0 Å². The zero-order chi connectivity index (χ0) is 15.8. The fourth-order valence-electron chi connectivity index (χ4n) is 2.47. The first-order valence-electron chi connectivity index (χ1n) is 8.01. The Balaban J connectivity index is 0.00000441. The van der Waals surface area contributed by atoms with Gasteiger partial charge in [0, 0.05) is 38.4 Å². The molecule has 2 N–H and O–H groups in total. The predicted molar refractivity (Wildman–Crippen MR) is 105 cm³/mol. The Morgan fingerprint density at radius 3 is 2.41 bits per heavy atom. The van der Waals surface area contributed by atoms with E-state index in [4.69, 9.17) is 0 Å². The number of hydrogen-bond acceptors (Lipinski definition) is 2. The van der Waals surface area contributed by atoms with E-state index in [-0.39, 0.29) is 24.0 Å². The van der Waals surface area contributed by atoms with Crippen LogP contribution in [-0.2, 0) is 26.4 Å². The molecule has 1 aromatic rings. The van der Waals surface area contributed by atoms with Gasteiger partial charge in [-0.25, -0.2) is 0 Å². The van der Waals surface area contributed by atoms with Crippen molar-refractivity contribution in [2.75, 3.05) is 13.6 Å². The van der Waals surface area contributed by atoms with Gasteiger partial charge in [-0.2, -0.15) is 5.10 Å². The van der Waals surface area contributed by atoms with Crippen molar-refractivity contribution in [3.05, 3.63) is 17.0 Å². The predicted octanol–water partition coefficient (Wildman–Crippen LogP) is 2.87. The molecule has 0 unspecified atom stereocenters. The molecular formula is C16H32IN5. The molecule has 0 aliphatic rings. The van der Waals surface area contributed by atoms with Crippen LogP contribution in [0.25, 0.3) is 0 Å². The number of nitrogens with zero attached hydrogens (tertiary/aromatic N) is 3. The van der Waals surface area contributed by atoms with E-state index in [2.05, 4.69) is 48.4 Å². The first-order valence-corrected chi connectivity index (χ1v) is 8.01. The second kappa shape index (κ2) is 10.9. The van der Waals surface area contributed by atoms with Gasteiger partial charge in [0.2, 0.25) is 0 Å². The highest BCUT2D eigenvalue weighted by molar-refractivity contribution is 14.0. The third-order valence-corrected chi connectivity index (χ3v) is 3.70. The zero-order valence-electron chi connectivity index (χ0n) is 14.9. The molecular weight excluding hydrogens is 389 g/mol. The van der Waals surface area contributed by atoms with Crippen molar-refractivity contribution in [3.8, 4) is 0 Å². The Morgan fingerprint density at radius 1 is 1.23 bits per heavy atom. The van der Waals surface area contributed by atoms with Crippen LogP contribution in [0.3, 0.4) is 0 Å². The Kier molecular flexibility index (Phi) is 10.5. The largest absolute Gasteiger partial charge is 0.356 e. The van der Waals surface area contributed by atoms with Crippen LogP contribution in [0.4, 0.5) is 0 Å². The van der Waals surface area contributed by atoms with Gasteiger partial charge >= 0.3 is 0 Å². The molecule has 0 fully saturated rings. The lowest BCUT2D eigenvalue weighted by Crippen LogP contribution is -2.37. The van der Waals surface area contributed by atoms with Crippen molar-refractivity contribution >= 4 is 29.9 Å². The maximum Gasteiger partial charge on any atom is 0.191 e. The van der Waals surface area contributed by atoms with Crippen LogP contribution in [0.15, 0.2) is 4.99 Å². The van der Waals surface area contributed by atoms with Crippen molar-refractivity contribution in [3.63, 3.8) is 0 Å². The molecule has 0 atom stereocenters. The molecule has 0 aliphatic carbocycles. The minimum absolute atomic E-state index is 0. The normalized spacial score (nSPS) is 11.5. The van der Waals surface area contributed by atoms with Gasteiger partial charge in [-0.15, -0.1) is 24.0 Å². The van der Waals surface area contributed by atoms with E-state index in [0.29, 0.717) is 5.92 Å². The fourth-order valence-corrected chi connectivity index (χ4v) is 2.47. The maximum atomic E-state index is 4.61. The quantitative estimate of drug-likeness (QED) is 0.405. The van der Waals surface area contributed by atoms with Crippen LogP contribution < -0.4 is 10.6 Å². The van der Waals surface area contributed by atoms with Gasteiger partial charge in [0.05, 0.1) is 5.69 Å². The third-order valence-electron chi connectivity index (χ3n) is 3.70. The molecule has 1 aromatic heterocycles. The van der Waals surface area contributed by atoms with Crippen molar-refractivity contribution in [1.29, 1.82) is 0 Å². The van der Waals surface area contributed by atoms with Gasteiger partial charge < -0.3 is 10.6 Å². The molecule has 0 saturated heterocycles. The molecule has 1 heterocycles. The number of aromatic nitrogens is 2. The summed E-state index contributed by atoms with van der Waals surface area (Å²) in [6, 6.07) is 0. The summed E-state index contributed by atoms with van der Waals surface area (Å²) in [5.41, 5.74) is 3.80. The summed E-state index contributed by atoms with van der Waals surface area (Å²) >= 11 is 0. The highest BCUT2D eigenvalue weighted by Gasteiger charge is 2.13. The minimum atomic E-state index is 0. The van der Waals surface area contributed by atoms with Gasteiger partial charge in [-0.3, -0.25) is 9.67 Å². The van der Waals surface area contributed by atoms with E-state index in [0.717, 1.165) is 38.3 Å². The SMILES string of the molecule is CCc1nn(C)c(CC)c1CNC(=NC)NCCC(C)C.I. The minimum Gasteiger partial charge on any atom is -0.356 e. The molecule has 0 spiro atoms. The first kappa shape index (κ1) is 21.2. The number of aryl methyl sites for hydroxylation is 2. The molecule has 0 aliphatic heterocycles. The summed E-state index contributed by atoms with van der Waals surface area (Å²) in [6.45, 7) is 10.5. The summed E-state index contributed by atoms with van der Waals surface area (Å²) in [5, 5.41) is 11.4. The number of halogens is 1. The molecule has 5 nitrogen and oxygen atoms in total. The lowest BCUT2D eigenvalue weighted by atomic mass is 10.1. The van der Waals surface area contributed by atoms with Crippen LogP contribution in [0.5, 0.6) is 0 Å². The number of nitrogens with one attached hydrogen (secondary N) is 2. The topological polar surface area (TPSA) is 54.2 Å². The molecule has 0 amide bonds. The first-order chi connectivity index (χ1) is 10.0. The Labute approximate surface area is 152 Å². The van der Waals surface area contributed by atoms with Crippen LogP contribution in [0.1, 0.15) is 51.1 Å². The monoisotopic (exact) mass is 421 g/mol. The number of rotatable bonds is 7. The third kappa shape index (κ3) is 6.14. The standard InChI is InChI=1S/C16H31N5.HI/c1-7-14-13(15(8-2)21(6)20-14)11-19-16(17-5)18-10-9-12(3)4;/h12H,7-11H2,1-6H3,(H2,17,18,19);1H. The van der Waals surface area contributed by atoms with Gasteiger partial charge in [0.25, 0.3) is 0 Å².